The molecule has 1 saturated heterocycles. The van der Waals surface area contributed by atoms with Crippen LogP contribution < -0.4 is 0 Å². The van der Waals surface area contributed by atoms with Crippen LogP contribution in [0.2, 0.25) is 0 Å². The number of nitrogens with zero attached hydrogens (tertiary/aromatic N) is 1. The Kier molecular flexibility index (Phi) is 2.89. The average Bonchev–Trinajstić information content (AvgIpc) is 2.56. The molecule has 0 spiro atoms. The largest absolute Gasteiger partial charge is 0.465 e. The molecule has 3 nitrogen and oxygen atoms in total. The first-order chi connectivity index (χ1) is 6.74. The number of furan rings is 1. The van der Waals surface area contributed by atoms with Gasteiger partial charge in [0, 0.05) is 13.1 Å². The van der Waals surface area contributed by atoms with E-state index in [1.54, 1.807) is 0 Å². The van der Waals surface area contributed by atoms with Gasteiger partial charge >= 0.3 is 0 Å². The van der Waals surface area contributed by atoms with Crippen LogP contribution in [-0.2, 0) is 6.54 Å². The van der Waals surface area contributed by atoms with Gasteiger partial charge in [0.05, 0.1) is 12.6 Å². The van der Waals surface area contributed by atoms with Crippen molar-refractivity contribution in [3.63, 3.8) is 0 Å². The molecule has 0 aromatic carbocycles. The van der Waals surface area contributed by atoms with E-state index in [2.05, 4.69) is 4.90 Å². The number of hydrogen-bond donors (Lipinski definition) is 1. The van der Waals surface area contributed by atoms with Gasteiger partial charge in [-0.15, -0.1) is 0 Å². The highest BCUT2D eigenvalue weighted by Gasteiger charge is 2.17. The number of aryl methyl sites for hydroxylation is 1. The summed E-state index contributed by atoms with van der Waals surface area (Å²) in [4.78, 5) is 2.32. The normalized spacial score (nSPS) is 20.1. The first kappa shape index (κ1) is 9.74. The van der Waals surface area contributed by atoms with Crippen LogP contribution in [0, 0.1) is 6.92 Å². The predicted molar refractivity (Wildman–Crippen MR) is 54.0 cm³/mol. The molecule has 0 radical (unpaired) electrons. The van der Waals surface area contributed by atoms with E-state index < -0.39 is 0 Å². The lowest BCUT2D eigenvalue weighted by Gasteiger charge is -2.28. The zero-order valence-electron chi connectivity index (χ0n) is 8.57. The topological polar surface area (TPSA) is 36.6 Å². The maximum Gasteiger partial charge on any atom is 0.118 e. The minimum absolute atomic E-state index is 0.0930. The van der Waals surface area contributed by atoms with Crippen LogP contribution in [0.15, 0.2) is 16.5 Å². The lowest BCUT2D eigenvalue weighted by molar-refractivity contribution is 0.0758. The molecule has 1 aliphatic heterocycles. The smallest absolute Gasteiger partial charge is 0.118 e. The summed E-state index contributed by atoms with van der Waals surface area (Å²) in [7, 11) is 0. The summed E-state index contributed by atoms with van der Waals surface area (Å²) in [6, 6.07) is 4.02. The Morgan fingerprint density at radius 1 is 1.43 bits per heavy atom. The maximum atomic E-state index is 9.35. The Morgan fingerprint density at radius 3 is 2.71 bits per heavy atom. The number of likely N-dealkylation sites (tertiary alicyclic amines) is 1. The summed E-state index contributed by atoms with van der Waals surface area (Å²) in [6.45, 7) is 4.78. The van der Waals surface area contributed by atoms with Crippen molar-refractivity contribution in [3.8, 4) is 0 Å². The highest BCUT2D eigenvalue weighted by Crippen LogP contribution is 2.15. The summed E-state index contributed by atoms with van der Waals surface area (Å²) in [5, 5.41) is 9.35. The first-order valence-corrected chi connectivity index (χ1v) is 5.20. The van der Waals surface area contributed by atoms with Gasteiger partial charge in [-0.2, -0.15) is 0 Å². The van der Waals surface area contributed by atoms with Gasteiger partial charge in [0.15, 0.2) is 0 Å². The molecule has 2 rings (SSSR count). The van der Waals surface area contributed by atoms with Crippen LogP contribution in [0.5, 0.6) is 0 Å². The van der Waals surface area contributed by atoms with Crippen molar-refractivity contribution in [2.45, 2.75) is 32.4 Å². The van der Waals surface area contributed by atoms with Crippen molar-refractivity contribution in [3.05, 3.63) is 23.7 Å². The summed E-state index contributed by atoms with van der Waals surface area (Å²) >= 11 is 0. The molecular weight excluding hydrogens is 178 g/mol. The van der Waals surface area contributed by atoms with Gasteiger partial charge in [-0.1, -0.05) is 0 Å². The van der Waals surface area contributed by atoms with E-state index >= 15 is 0 Å². The van der Waals surface area contributed by atoms with Crippen molar-refractivity contribution in [1.29, 1.82) is 0 Å². The summed E-state index contributed by atoms with van der Waals surface area (Å²) in [6.07, 6.45) is 1.68. The Morgan fingerprint density at radius 2 is 2.14 bits per heavy atom. The molecule has 1 aliphatic rings. The Balaban J connectivity index is 1.86. The lowest BCUT2D eigenvalue weighted by atomic mass is 10.1. The van der Waals surface area contributed by atoms with Crippen molar-refractivity contribution in [2.75, 3.05) is 13.1 Å². The van der Waals surface area contributed by atoms with Crippen molar-refractivity contribution >= 4 is 0 Å². The summed E-state index contributed by atoms with van der Waals surface area (Å²) < 4.78 is 5.51. The molecule has 2 heterocycles. The molecule has 78 valence electrons. The molecule has 1 N–H and O–H groups in total. The van der Waals surface area contributed by atoms with Crippen LogP contribution in [-0.4, -0.2) is 29.2 Å². The lowest BCUT2D eigenvalue weighted by Crippen LogP contribution is -2.35. The maximum absolute atomic E-state index is 9.35. The molecule has 1 aromatic heterocycles. The standard InChI is InChI=1S/C11H17NO2/c1-9-2-3-11(14-9)8-12-6-4-10(13)5-7-12/h2-3,10,13H,4-8H2,1H3. The molecule has 0 saturated carbocycles. The van der Waals surface area contributed by atoms with E-state index in [4.69, 9.17) is 4.42 Å². The summed E-state index contributed by atoms with van der Waals surface area (Å²) in [5.41, 5.74) is 0. The van der Waals surface area contributed by atoms with Gasteiger partial charge in [0.25, 0.3) is 0 Å². The van der Waals surface area contributed by atoms with E-state index in [1.807, 2.05) is 19.1 Å². The molecule has 1 fully saturated rings. The predicted octanol–water partition coefficient (Wildman–Crippen LogP) is 1.54. The van der Waals surface area contributed by atoms with E-state index in [0.29, 0.717) is 0 Å². The highest BCUT2D eigenvalue weighted by molar-refractivity contribution is 5.05. The third-order valence-corrected chi connectivity index (χ3v) is 2.73. The summed E-state index contributed by atoms with van der Waals surface area (Å²) in [5.74, 6) is 2.00. The Labute approximate surface area is 84.3 Å². The van der Waals surface area contributed by atoms with Gasteiger partial charge in [-0.3, -0.25) is 4.90 Å². The van der Waals surface area contributed by atoms with Crippen LogP contribution >= 0.6 is 0 Å². The average molecular weight is 195 g/mol. The van der Waals surface area contributed by atoms with E-state index in [0.717, 1.165) is 44.0 Å². The fourth-order valence-electron chi connectivity index (χ4n) is 1.87. The van der Waals surface area contributed by atoms with E-state index in [9.17, 15) is 5.11 Å². The SMILES string of the molecule is Cc1ccc(CN2CCC(O)CC2)o1. The second-order valence-electron chi connectivity index (χ2n) is 4.02. The number of piperidine rings is 1. The quantitative estimate of drug-likeness (QED) is 0.777. The second-order valence-corrected chi connectivity index (χ2v) is 4.02. The first-order valence-electron chi connectivity index (χ1n) is 5.20. The van der Waals surface area contributed by atoms with Crippen molar-refractivity contribution < 1.29 is 9.52 Å². The fourth-order valence-corrected chi connectivity index (χ4v) is 1.87. The molecule has 0 bridgehead atoms. The van der Waals surface area contributed by atoms with Crippen LogP contribution in [0.3, 0.4) is 0 Å². The van der Waals surface area contributed by atoms with E-state index in [1.165, 1.54) is 0 Å². The number of hydrogen-bond acceptors (Lipinski definition) is 3. The Hall–Kier alpha value is -0.800. The van der Waals surface area contributed by atoms with Crippen molar-refractivity contribution in [1.82, 2.24) is 4.90 Å². The van der Waals surface area contributed by atoms with Gasteiger partial charge in [0.1, 0.15) is 11.5 Å². The molecule has 0 aliphatic carbocycles. The fraction of sp³-hybridized carbons (Fsp3) is 0.636. The monoisotopic (exact) mass is 195 g/mol. The molecule has 0 atom stereocenters. The highest BCUT2D eigenvalue weighted by atomic mass is 16.3. The zero-order chi connectivity index (χ0) is 9.97. The molecule has 1 aromatic rings. The van der Waals surface area contributed by atoms with Gasteiger partial charge in [-0.25, -0.2) is 0 Å². The number of aliphatic hydroxyl groups excluding tert-OH is 1. The molecular formula is C11H17NO2. The van der Waals surface area contributed by atoms with Crippen LogP contribution in [0.4, 0.5) is 0 Å². The zero-order valence-corrected chi connectivity index (χ0v) is 8.57. The van der Waals surface area contributed by atoms with Gasteiger partial charge in [-0.05, 0) is 31.9 Å². The second kappa shape index (κ2) is 4.15. The molecule has 0 unspecified atom stereocenters. The number of rotatable bonds is 2. The van der Waals surface area contributed by atoms with E-state index in [-0.39, 0.29) is 6.10 Å². The third-order valence-electron chi connectivity index (χ3n) is 2.73. The van der Waals surface area contributed by atoms with Crippen molar-refractivity contribution in [2.24, 2.45) is 0 Å². The molecule has 3 heteroatoms. The minimum Gasteiger partial charge on any atom is -0.465 e. The Bertz CT molecular complexity index is 287. The van der Waals surface area contributed by atoms with Gasteiger partial charge < -0.3 is 9.52 Å². The van der Waals surface area contributed by atoms with Crippen LogP contribution in [0.25, 0.3) is 0 Å². The molecule has 0 amide bonds. The molecule has 14 heavy (non-hydrogen) atoms. The number of aliphatic hydroxyl groups is 1. The van der Waals surface area contributed by atoms with Gasteiger partial charge in [0.2, 0.25) is 0 Å². The third kappa shape index (κ3) is 2.36. The minimum atomic E-state index is -0.0930. The van der Waals surface area contributed by atoms with Crippen LogP contribution in [0.1, 0.15) is 24.4 Å².